The van der Waals surface area contributed by atoms with Crippen molar-refractivity contribution in [3.05, 3.63) is 70.3 Å². The Morgan fingerprint density at radius 3 is 2.33 bits per heavy atom. The highest BCUT2D eigenvalue weighted by Gasteiger charge is 2.28. The highest BCUT2D eigenvalue weighted by molar-refractivity contribution is 5.55. The average Bonchev–Trinajstić information content (AvgIpc) is 2.63. The Hall–Kier alpha value is -3.23. The Morgan fingerprint density at radius 2 is 1.70 bits per heavy atom. The third kappa shape index (κ3) is 5.13. The molecule has 0 aliphatic carbocycles. The number of aryl methyl sites for hydroxylation is 1. The number of rotatable bonds is 5. The van der Waals surface area contributed by atoms with E-state index >= 15 is 0 Å². The normalized spacial score (nSPS) is 11.4. The molecule has 0 aliphatic heterocycles. The highest BCUT2D eigenvalue weighted by atomic mass is 19.4. The molecule has 0 amide bonds. The first-order valence-corrected chi connectivity index (χ1v) is 7.96. The number of alkyl halides is 3. The molecule has 0 atom stereocenters. The van der Waals surface area contributed by atoms with Crippen molar-refractivity contribution in [3.8, 4) is 17.3 Å². The number of ether oxygens (including phenoxy) is 1. The quantitative estimate of drug-likeness (QED) is 0.685. The minimum absolute atomic E-state index is 0.273. The molecular weight excluding hydrogens is 361 g/mol. The highest BCUT2D eigenvalue weighted by Crippen LogP contribution is 2.18. The van der Waals surface area contributed by atoms with E-state index in [0.717, 1.165) is 11.1 Å². The smallest absolute Gasteiger partial charge is 0.422 e. The number of aromatic nitrogens is 4. The average molecular weight is 376 g/mol. The molecular formula is C18H15F3N4O2. The van der Waals surface area contributed by atoms with Crippen molar-refractivity contribution in [2.45, 2.75) is 19.6 Å². The summed E-state index contributed by atoms with van der Waals surface area (Å²) in [6, 6.07) is 10.2. The summed E-state index contributed by atoms with van der Waals surface area (Å²) in [6.07, 6.45) is -1.88. The summed E-state index contributed by atoms with van der Waals surface area (Å²) in [5, 5.41) is 4.28. The summed E-state index contributed by atoms with van der Waals surface area (Å²) in [5.41, 5.74) is 2.62. The fraction of sp³-hybridized carbons (Fsp3) is 0.222. The Bertz CT molecular complexity index is 968. The van der Waals surface area contributed by atoms with Gasteiger partial charge in [-0.05, 0) is 18.6 Å². The molecule has 140 valence electrons. The zero-order chi connectivity index (χ0) is 19.4. The van der Waals surface area contributed by atoms with E-state index in [4.69, 9.17) is 0 Å². The van der Waals surface area contributed by atoms with Gasteiger partial charge < -0.3 is 4.74 Å². The monoisotopic (exact) mass is 376 g/mol. The van der Waals surface area contributed by atoms with Gasteiger partial charge >= 0.3 is 12.2 Å². The van der Waals surface area contributed by atoms with Crippen LogP contribution in [0.2, 0.25) is 0 Å². The first-order valence-electron chi connectivity index (χ1n) is 7.96. The summed E-state index contributed by atoms with van der Waals surface area (Å²) in [6.45, 7) is 0.795. The molecule has 3 rings (SSSR count). The lowest BCUT2D eigenvalue weighted by molar-refractivity contribution is -0.154. The number of halogens is 3. The molecule has 0 aliphatic rings. The summed E-state index contributed by atoms with van der Waals surface area (Å²) in [5.74, 6) is 0. The number of nitrogens with zero attached hydrogens (tertiary/aromatic N) is 4. The molecule has 0 saturated carbocycles. The molecule has 9 heteroatoms. The maximum Gasteiger partial charge on any atom is 0.422 e. The van der Waals surface area contributed by atoms with Crippen molar-refractivity contribution in [1.29, 1.82) is 0 Å². The van der Waals surface area contributed by atoms with E-state index in [9.17, 15) is 18.0 Å². The maximum absolute atomic E-state index is 12.1. The van der Waals surface area contributed by atoms with Gasteiger partial charge in [0.1, 0.15) is 0 Å². The Labute approximate surface area is 152 Å². The van der Waals surface area contributed by atoms with Gasteiger partial charge in [0.25, 0.3) is 5.56 Å². The van der Waals surface area contributed by atoms with Crippen molar-refractivity contribution in [2.24, 2.45) is 0 Å². The van der Waals surface area contributed by atoms with Gasteiger partial charge in [0.15, 0.2) is 6.61 Å². The zero-order valence-corrected chi connectivity index (χ0v) is 14.3. The fourth-order valence-electron chi connectivity index (χ4n) is 2.25. The molecule has 3 aromatic rings. The number of hydrogen-bond donors (Lipinski definition) is 0. The molecule has 0 unspecified atom stereocenters. The van der Waals surface area contributed by atoms with Gasteiger partial charge in [0, 0.05) is 24.0 Å². The summed E-state index contributed by atoms with van der Waals surface area (Å²) in [7, 11) is 0. The van der Waals surface area contributed by atoms with E-state index in [0.29, 0.717) is 17.8 Å². The topological polar surface area (TPSA) is 69.9 Å². The Balaban J connectivity index is 1.79. The number of hydrogen-bond acceptors (Lipinski definition) is 5. The fourth-order valence-corrected chi connectivity index (χ4v) is 2.25. The zero-order valence-electron chi connectivity index (χ0n) is 14.3. The van der Waals surface area contributed by atoms with E-state index in [1.165, 1.54) is 29.2 Å². The van der Waals surface area contributed by atoms with Crippen LogP contribution in [0.4, 0.5) is 13.2 Å². The van der Waals surface area contributed by atoms with Gasteiger partial charge in [-0.3, -0.25) is 4.79 Å². The third-order valence-electron chi connectivity index (χ3n) is 3.61. The predicted molar refractivity (Wildman–Crippen MR) is 91.4 cm³/mol. The van der Waals surface area contributed by atoms with E-state index in [2.05, 4.69) is 19.8 Å². The first-order chi connectivity index (χ1) is 12.8. The van der Waals surface area contributed by atoms with Crippen molar-refractivity contribution in [2.75, 3.05) is 6.61 Å². The SMILES string of the molecule is Cc1ccc(Cn2nc(-c3cnc(OCC(F)(F)F)nc3)ccc2=O)cc1. The van der Waals surface area contributed by atoms with Gasteiger partial charge in [0.2, 0.25) is 0 Å². The molecule has 6 nitrogen and oxygen atoms in total. The second-order valence-corrected chi connectivity index (χ2v) is 5.86. The van der Waals surface area contributed by atoms with Crippen LogP contribution in [-0.4, -0.2) is 32.5 Å². The molecule has 0 N–H and O–H groups in total. The molecule has 0 saturated heterocycles. The lowest BCUT2D eigenvalue weighted by Gasteiger charge is -2.09. The van der Waals surface area contributed by atoms with E-state index in [1.807, 2.05) is 31.2 Å². The molecule has 2 aromatic heterocycles. The van der Waals surface area contributed by atoms with Crippen molar-refractivity contribution >= 4 is 0 Å². The van der Waals surface area contributed by atoms with Crippen LogP contribution in [0.1, 0.15) is 11.1 Å². The van der Waals surface area contributed by atoms with E-state index in [-0.39, 0.29) is 11.6 Å². The second-order valence-electron chi connectivity index (χ2n) is 5.86. The molecule has 0 fully saturated rings. The first kappa shape index (κ1) is 18.6. The summed E-state index contributed by atoms with van der Waals surface area (Å²) < 4.78 is 42.2. The van der Waals surface area contributed by atoms with Crippen LogP contribution < -0.4 is 10.3 Å². The molecule has 0 radical (unpaired) electrons. The largest absolute Gasteiger partial charge is 0.454 e. The van der Waals surface area contributed by atoms with Crippen LogP contribution in [0.3, 0.4) is 0 Å². The van der Waals surface area contributed by atoms with E-state index < -0.39 is 12.8 Å². The standard InChI is InChI=1S/C18H15F3N4O2/c1-12-2-4-13(5-3-12)10-25-16(26)7-6-15(24-25)14-8-22-17(23-9-14)27-11-18(19,20)21/h2-9H,10-11H2,1H3. The van der Waals surface area contributed by atoms with Crippen molar-refractivity contribution < 1.29 is 17.9 Å². The lowest BCUT2D eigenvalue weighted by atomic mass is 10.1. The van der Waals surface area contributed by atoms with E-state index in [1.54, 1.807) is 0 Å². The maximum atomic E-state index is 12.1. The molecule has 2 heterocycles. The van der Waals surface area contributed by atoms with Crippen molar-refractivity contribution in [1.82, 2.24) is 19.7 Å². The third-order valence-corrected chi connectivity index (χ3v) is 3.61. The van der Waals surface area contributed by atoms with Crippen LogP contribution in [0, 0.1) is 6.92 Å². The van der Waals surface area contributed by atoms with Gasteiger partial charge in [-0.15, -0.1) is 0 Å². The van der Waals surface area contributed by atoms with Gasteiger partial charge in [0.05, 0.1) is 12.2 Å². The molecule has 1 aromatic carbocycles. The Kier molecular flexibility index (Phi) is 5.20. The van der Waals surface area contributed by atoms with Crippen LogP contribution >= 0.6 is 0 Å². The molecule has 0 bridgehead atoms. The van der Waals surface area contributed by atoms with Gasteiger partial charge in [-0.2, -0.15) is 18.3 Å². The summed E-state index contributed by atoms with van der Waals surface area (Å²) in [4.78, 5) is 19.5. The second kappa shape index (κ2) is 7.56. The summed E-state index contributed by atoms with van der Waals surface area (Å²) >= 11 is 0. The molecule has 0 spiro atoms. The van der Waals surface area contributed by atoms with Crippen LogP contribution in [-0.2, 0) is 6.54 Å². The van der Waals surface area contributed by atoms with Crippen LogP contribution in [0.25, 0.3) is 11.3 Å². The minimum atomic E-state index is -4.46. The van der Waals surface area contributed by atoms with Gasteiger partial charge in [-0.25, -0.2) is 14.6 Å². The predicted octanol–water partition coefficient (Wildman–Crippen LogP) is 3.00. The molecule has 27 heavy (non-hydrogen) atoms. The van der Waals surface area contributed by atoms with Crippen molar-refractivity contribution in [3.63, 3.8) is 0 Å². The number of benzene rings is 1. The van der Waals surface area contributed by atoms with Crippen LogP contribution in [0.5, 0.6) is 6.01 Å². The van der Waals surface area contributed by atoms with Gasteiger partial charge in [-0.1, -0.05) is 29.8 Å². The lowest BCUT2D eigenvalue weighted by Crippen LogP contribution is -2.23. The Morgan fingerprint density at radius 1 is 1.04 bits per heavy atom. The van der Waals surface area contributed by atoms with Crippen LogP contribution in [0.15, 0.2) is 53.6 Å². The minimum Gasteiger partial charge on any atom is -0.454 e.